The molecule has 0 spiro atoms. The lowest BCUT2D eigenvalue weighted by Crippen LogP contribution is -2.34. The Morgan fingerprint density at radius 2 is 1.84 bits per heavy atom. The number of nitrogens with zero attached hydrogens (tertiary/aromatic N) is 1. The molecule has 7 heteroatoms. The van der Waals surface area contributed by atoms with Gasteiger partial charge in [0.05, 0.1) is 7.11 Å². The zero-order chi connectivity index (χ0) is 18.7. The van der Waals surface area contributed by atoms with Crippen LogP contribution in [0, 0.1) is 0 Å². The van der Waals surface area contributed by atoms with Gasteiger partial charge in [0.15, 0.2) is 5.96 Å². The number of ether oxygens (including phenoxy) is 2. The van der Waals surface area contributed by atoms with Crippen LogP contribution in [-0.4, -0.2) is 44.4 Å². The van der Waals surface area contributed by atoms with Crippen molar-refractivity contribution in [3.05, 3.63) is 29.8 Å². The van der Waals surface area contributed by atoms with Crippen LogP contribution in [0.2, 0.25) is 0 Å². The van der Waals surface area contributed by atoms with Gasteiger partial charge in [-0.1, -0.05) is 12.1 Å². The van der Waals surface area contributed by atoms with Crippen molar-refractivity contribution in [3.63, 3.8) is 0 Å². The molecule has 7 nitrogen and oxygen atoms in total. The highest BCUT2D eigenvalue weighted by molar-refractivity contribution is 5.77. The minimum Gasteiger partial charge on any atom is -0.497 e. The van der Waals surface area contributed by atoms with Crippen LogP contribution in [0.15, 0.2) is 29.3 Å². The molecule has 0 atom stereocenters. The van der Waals surface area contributed by atoms with Crippen LogP contribution in [0.1, 0.15) is 32.8 Å². The molecule has 25 heavy (non-hydrogen) atoms. The molecule has 1 aromatic rings. The fourth-order valence-electron chi connectivity index (χ4n) is 1.97. The highest BCUT2D eigenvalue weighted by atomic mass is 16.6. The third-order valence-corrected chi connectivity index (χ3v) is 3.16. The Balaban J connectivity index is 2.14. The van der Waals surface area contributed by atoms with E-state index in [-0.39, 0.29) is 0 Å². The summed E-state index contributed by atoms with van der Waals surface area (Å²) in [6, 6.07) is 7.92. The van der Waals surface area contributed by atoms with E-state index in [0.29, 0.717) is 32.0 Å². The van der Waals surface area contributed by atoms with Crippen molar-refractivity contribution < 1.29 is 14.3 Å². The lowest BCUT2D eigenvalue weighted by atomic mass is 10.1. The van der Waals surface area contributed by atoms with E-state index in [9.17, 15) is 4.79 Å². The molecule has 0 aliphatic carbocycles. The van der Waals surface area contributed by atoms with Gasteiger partial charge in [-0.15, -0.1) is 0 Å². The summed E-state index contributed by atoms with van der Waals surface area (Å²) >= 11 is 0. The van der Waals surface area contributed by atoms with E-state index in [4.69, 9.17) is 15.2 Å². The SMILES string of the molecule is COc1ccc(CCNC(N)=NCCCNC(=O)OC(C)(C)C)cc1. The number of nitrogens with two attached hydrogens (primary N) is 1. The predicted octanol–water partition coefficient (Wildman–Crippen LogP) is 2.06. The van der Waals surface area contributed by atoms with Gasteiger partial charge in [0, 0.05) is 19.6 Å². The van der Waals surface area contributed by atoms with Gasteiger partial charge >= 0.3 is 6.09 Å². The fourth-order valence-corrected chi connectivity index (χ4v) is 1.97. The van der Waals surface area contributed by atoms with Crippen molar-refractivity contribution in [2.75, 3.05) is 26.7 Å². The van der Waals surface area contributed by atoms with Crippen molar-refractivity contribution in [1.29, 1.82) is 0 Å². The van der Waals surface area contributed by atoms with E-state index in [2.05, 4.69) is 15.6 Å². The normalized spacial score (nSPS) is 11.8. The summed E-state index contributed by atoms with van der Waals surface area (Å²) in [7, 11) is 1.65. The van der Waals surface area contributed by atoms with Crippen LogP contribution >= 0.6 is 0 Å². The van der Waals surface area contributed by atoms with Crippen LogP contribution in [0.5, 0.6) is 5.75 Å². The van der Waals surface area contributed by atoms with E-state index >= 15 is 0 Å². The van der Waals surface area contributed by atoms with Crippen molar-refractivity contribution in [2.24, 2.45) is 10.7 Å². The van der Waals surface area contributed by atoms with Crippen molar-refractivity contribution in [1.82, 2.24) is 10.6 Å². The molecule has 0 unspecified atom stereocenters. The van der Waals surface area contributed by atoms with Crippen molar-refractivity contribution in [3.8, 4) is 5.75 Å². The molecule has 0 fully saturated rings. The number of guanidine groups is 1. The van der Waals surface area contributed by atoms with Gasteiger partial charge in [0.25, 0.3) is 0 Å². The molecular formula is C18H30N4O3. The zero-order valence-electron chi connectivity index (χ0n) is 15.6. The second-order valence-corrected chi connectivity index (χ2v) is 6.57. The largest absolute Gasteiger partial charge is 0.497 e. The molecule has 0 aliphatic rings. The first kappa shape index (κ1) is 20.6. The number of carbonyl (C=O) groups excluding carboxylic acids is 1. The molecule has 0 bridgehead atoms. The Hall–Kier alpha value is -2.44. The Kier molecular flexibility index (Phi) is 8.60. The van der Waals surface area contributed by atoms with E-state index < -0.39 is 11.7 Å². The first-order chi connectivity index (χ1) is 11.8. The molecule has 140 valence electrons. The average Bonchev–Trinajstić information content (AvgIpc) is 2.53. The van der Waals surface area contributed by atoms with E-state index in [0.717, 1.165) is 12.2 Å². The summed E-state index contributed by atoms with van der Waals surface area (Å²) in [6.45, 7) is 7.23. The van der Waals surface area contributed by atoms with Gasteiger partial charge in [-0.3, -0.25) is 4.99 Å². The highest BCUT2D eigenvalue weighted by Crippen LogP contribution is 2.11. The zero-order valence-corrected chi connectivity index (χ0v) is 15.6. The van der Waals surface area contributed by atoms with E-state index in [1.54, 1.807) is 7.11 Å². The second kappa shape index (κ2) is 10.4. The standard InChI is InChI=1S/C18H30N4O3/c1-18(2,3)25-17(23)22-12-5-11-20-16(19)21-13-10-14-6-8-15(24-4)9-7-14/h6-9H,5,10-13H2,1-4H3,(H,22,23)(H3,19,20,21). The topological polar surface area (TPSA) is 98.0 Å². The summed E-state index contributed by atoms with van der Waals surface area (Å²) in [6.07, 6.45) is 1.13. The number of hydrogen-bond donors (Lipinski definition) is 3. The molecule has 0 radical (unpaired) electrons. The molecule has 4 N–H and O–H groups in total. The number of aliphatic imine (C=N–C) groups is 1. The summed E-state index contributed by atoms with van der Waals surface area (Å²) in [4.78, 5) is 15.7. The molecule has 1 amide bonds. The molecule has 0 heterocycles. The molecule has 0 saturated carbocycles. The smallest absolute Gasteiger partial charge is 0.407 e. The molecule has 0 aliphatic heterocycles. The third kappa shape index (κ3) is 10.1. The maximum atomic E-state index is 11.5. The number of alkyl carbamates (subject to hydrolysis) is 1. The Morgan fingerprint density at radius 1 is 1.16 bits per heavy atom. The summed E-state index contributed by atoms with van der Waals surface area (Å²) < 4.78 is 10.3. The van der Waals surface area contributed by atoms with Gasteiger partial charge in [0.1, 0.15) is 11.4 Å². The molecule has 0 aromatic heterocycles. The van der Waals surface area contributed by atoms with Crippen LogP contribution in [0.4, 0.5) is 4.79 Å². The van der Waals surface area contributed by atoms with Gasteiger partial charge in [-0.2, -0.15) is 0 Å². The molecule has 0 saturated heterocycles. The third-order valence-electron chi connectivity index (χ3n) is 3.16. The lowest BCUT2D eigenvalue weighted by Gasteiger charge is -2.19. The summed E-state index contributed by atoms with van der Waals surface area (Å²) in [5.74, 6) is 1.25. The monoisotopic (exact) mass is 350 g/mol. The van der Waals surface area contributed by atoms with Gasteiger partial charge in [-0.05, 0) is 51.3 Å². The maximum Gasteiger partial charge on any atom is 0.407 e. The Labute approximate surface area is 150 Å². The van der Waals surface area contributed by atoms with E-state index in [1.807, 2.05) is 45.0 Å². The van der Waals surface area contributed by atoms with Crippen LogP contribution < -0.4 is 21.1 Å². The van der Waals surface area contributed by atoms with Gasteiger partial charge < -0.3 is 25.8 Å². The molecule has 1 aromatic carbocycles. The second-order valence-electron chi connectivity index (χ2n) is 6.57. The quantitative estimate of drug-likeness (QED) is 0.379. The Bertz CT molecular complexity index is 550. The first-order valence-corrected chi connectivity index (χ1v) is 8.44. The van der Waals surface area contributed by atoms with Gasteiger partial charge in [-0.25, -0.2) is 4.79 Å². The van der Waals surface area contributed by atoms with Crippen molar-refractivity contribution >= 4 is 12.1 Å². The summed E-state index contributed by atoms with van der Waals surface area (Å²) in [5.41, 5.74) is 6.53. The number of rotatable bonds is 8. The number of methoxy groups -OCH3 is 1. The number of nitrogens with one attached hydrogen (secondary N) is 2. The Morgan fingerprint density at radius 3 is 2.44 bits per heavy atom. The summed E-state index contributed by atoms with van der Waals surface area (Å²) in [5, 5.41) is 5.76. The van der Waals surface area contributed by atoms with Crippen LogP contribution in [0.3, 0.4) is 0 Å². The minimum absolute atomic E-state index is 0.408. The predicted molar refractivity (Wildman–Crippen MR) is 100 cm³/mol. The van der Waals surface area contributed by atoms with Crippen LogP contribution in [0.25, 0.3) is 0 Å². The van der Waals surface area contributed by atoms with Gasteiger partial charge in [0.2, 0.25) is 0 Å². The fraction of sp³-hybridized carbons (Fsp3) is 0.556. The van der Waals surface area contributed by atoms with Crippen molar-refractivity contribution in [2.45, 2.75) is 39.2 Å². The molecular weight excluding hydrogens is 320 g/mol. The number of amides is 1. The number of benzene rings is 1. The maximum absolute atomic E-state index is 11.5. The molecule has 1 rings (SSSR count). The average molecular weight is 350 g/mol. The highest BCUT2D eigenvalue weighted by Gasteiger charge is 2.15. The lowest BCUT2D eigenvalue weighted by molar-refractivity contribution is 0.0527. The minimum atomic E-state index is -0.486. The van der Waals surface area contributed by atoms with E-state index in [1.165, 1.54) is 5.56 Å². The van der Waals surface area contributed by atoms with Crippen LogP contribution in [-0.2, 0) is 11.2 Å². The number of hydrogen-bond acceptors (Lipinski definition) is 4. The first-order valence-electron chi connectivity index (χ1n) is 8.44. The number of carbonyl (C=O) groups is 1.